The number of likely N-dealkylation sites (tertiary alicyclic amines) is 1. The zero-order valence-electron chi connectivity index (χ0n) is 18.9. The number of benzene rings is 2. The lowest BCUT2D eigenvalue weighted by Gasteiger charge is -2.38. The van der Waals surface area contributed by atoms with Gasteiger partial charge < -0.3 is 10.2 Å². The highest BCUT2D eigenvalue weighted by molar-refractivity contribution is 7.15. The third-order valence-electron chi connectivity index (χ3n) is 6.06. The van der Waals surface area contributed by atoms with Crippen molar-refractivity contribution >= 4 is 28.6 Å². The number of piperidine rings is 1. The summed E-state index contributed by atoms with van der Waals surface area (Å²) in [5.41, 5.74) is 5.19. The van der Waals surface area contributed by atoms with Gasteiger partial charge in [-0.3, -0.25) is 4.79 Å². The Morgan fingerprint density at radius 2 is 1.88 bits per heavy atom. The number of carbonyl (C=O) groups is 1. The molecule has 0 bridgehead atoms. The highest BCUT2D eigenvalue weighted by Gasteiger charge is 2.27. The molecule has 1 aromatic heterocycles. The summed E-state index contributed by atoms with van der Waals surface area (Å²) in [5.74, 6) is 0.0690. The van der Waals surface area contributed by atoms with E-state index in [9.17, 15) is 4.79 Å². The fourth-order valence-electron chi connectivity index (χ4n) is 4.36. The lowest BCUT2D eigenvalue weighted by Crippen LogP contribution is -2.38. The van der Waals surface area contributed by atoms with E-state index in [1.165, 1.54) is 22.4 Å². The summed E-state index contributed by atoms with van der Waals surface area (Å²) in [7, 11) is 0. The van der Waals surface area contributed by atoms with E-state index in [0.29, 0.717) is 12.5 Å². The van der Waals surface area contributed by atoms with Gasteiger partial charge >= 0.3 is 0 Å². The number of amides is 1. The molecule has 32 heavy (non-hydrogen) atoms. The first kappa shape index (κ1) is 22.3. The van der Waals surface area contributed by atoms with Crippen molar-refractivity contribution in [2.45, 2.75) is 52.0 Å². The molecule has 5 heteroatoms. The molecule has 1 aliphatic rings. The van der Waals surface area contributed by atoms with Crippen LogP contribution in [-0.4, -0.2) is 28.4 Å². The number of aryl methyl sites for hydroxylation is 2. The van der Waals surface area contributed by atoms with Crippen molar-refractivity contribution in [2.24, 2.45) is 0 Å². The van der Waals surface area contributed by atoms with Crippen molar-refractivity contribution in [3.63, 3.8) is 0 Å². The van der Waals surface area contributed by atoms with E-state index < -0.39 is 0 Å². The Hall–Kier alpha value is -2.92. The second-order valence-corrected chi connectivity index (χ2v) is 9.72. The average Bonchev–Trinajstić information content (AvgIpc) is 3.21. The minimum atomic E-state index is 0.0690. The van der Waals surface area contributed by atoms with Gasteiger partial charge in [-0.1, -0.05) is 54.6 Å². The fourth-order valence-corrected chi connectivity index (χ4v) is 5.30. The summed E-state index contributed by atoms with van der Waals surface area (Å²) < 4.78 is 0. The molecule has 0 spiro atoms. The van der Waals surface area contributed by atoms with Gasteiger partial charge in [0.15, 0.2) is 0 Å². The van der Waals surface area contributed by atoms with Crippen LogP contribution in [0, 0.1) is 13.8 Å². The molecule has 1 fully saturated rings. The number of aromatic nitrogens is 1. The molecule has 4 nitrogen and oxygen atoms in total. The molecule has 0 saturated carbocycles. The number of rotatable bonds is 7. The van der Waals surface area contributed by atoms with Crippen LogP contribution in [0.25, 0.3) is 16.1 Å². The Morgan fingerprint density at radius 3 is 2.62 bits per heavy atom. The van der Waals surface area contributed by atoms with E-state index in [1.807, 2.05) is 37.3 Å². The van der Waals surface area contributed by atoms with Gasteiger partial charge in [0.2, 0.25) is 5.91 Å². The number of carbonyl (C=O) groups excluding carboxylic acids is 1. The number of hydrogen-bond acceptors (Lipinski definition) is 4. The third kappa shape index (κ3) is 5.28. The predicted molar refractivity (Wildman–Crippen MR) is 135 cm³/mol. The molecule has 1 N–H and O–H groups in total. The van der Waals surface area contributed by atoms with Crippen LogP contribution in [-0.2, 0) is 4.79 Å². The summed E-state index contributed by atoms with van der Waals surface area (Å²) in [4.78, 5) is 21.0. The fraction of sp³-hybridized carbons (Fsp3) is 0.333. The summed E-state index contributed by atoms with van der Waals surface area (Å²) >= 11 is 1.72. The summed E-state index contributed by atoms with van der Waals surface area (Å²) in [6.45, 7) is 9.53. The first-order valence-corrected chi connectivity index (χ1v) is 12.2. The van der Waals surface area contributed by atoms with Gasteiger partial charge in [0, 0.05) is 24.7 Å². The Bertz CT molecular complexity index is 1070. The second kappa shape index (κ2) is 10.1. The van der Waals surface area contributed by atoms with Gasteiger partial charge in [-0.25, -0.2) is 4.98 Å². The number of hydrogen-bond donors (Lipinski definition) is 1. The lowest BCUT2D eigenvalue weighted by molar-refractivity contribution is -0.116. The number of anilines is 1. The first-order valence-electron chi connectivity index (χ1n) is 11.4. The minimum absolute atomic E-state index is 0.0690. The Morgan fingerprint density at radius 1 is 1.12 bits per heavy atom. The average molecular weight is 446 g/mol. The minimum Gasteiger partial charge on any atom is -0.367 e. The number of nitrogens with one attached hydrogen (secondary N) is 1. The molecule has 3 aromatic rings. The predicted octanol–water partition coefficient (Wildman–Crippen LogP) is 6.67. The van der Waals surface area contributed by atoms with Crippen LogP contribution in [0.3, 0.4) is 0 Å². The van der Waals surface area contributed by atoms with E-state index in [-0.39, 0.29) is 5.91 Å². The molecule has 166 valence electrons. The largest absolute Gasteiger partial charge is 0.367 e. The molecule has 1 unspecified atom stereocenters. The van der Waals surface area contributed by atoms with E-state index in [0.717, 1.165) is 47.9 Å². The highest BCUT2D eigenvalue weighted by atomic mass is 32.1. The van der Waals surface area contributed by atoms with Crippen molar-refractivity contribution in [2.75, 3.05) is 11.9 Å². The van der Waals surface area contributed by atoms with Crippen molar-refractivity contribution in [3.05, 3.63) is 77.4 Å². The molecule has 2 aromatic carbocycles. The third-order valence-corrected chi connectivity index (χ3v) is 7.08. The first-order chi connectivity index (χ1) is 15.5. The smallest absolute Gasteiger partial charge is 0.224 e. The molecule has 1 saturated heterocycles. The molecule has 0 aliphatic carbocycles. The van der Waals surface area contributed by atoms with Crippen molar-refractivity contribution < 1.29 is 4.79 Å². The van der Waals surface area contributed by atoms with Crippen molar-refractivity contribution in [3.8, 4) is 10.4 Å². The van der Waals surface area contributed by atoms with Crippen molar-refractivity contribution in [1.29, 1.82) is 0 Å². The maximum atomic E-state index is 12.6. The van der Waals surface area contributed by atoms with Crippen LogP contribution in [0.4, 0.5) is 5.69 Å². The molecular weight excluding hydrogens is 414 g/mol. The number of nitrogens with zero attached hydrogens (tertiary/aromatic N) is 2. The SMILES string of the molecule is C=C(c1nc(C)sc1-c1ccccc1)N1CCCCC1CCC(=O)Nc1ccc(C)cc1. The molecule has 1 aliphatic heterocycles. The van der Waals surface area contributed by atoms with E-state index in [1.54, 1.807) is 11.3 Å². The molecule has 4 rings (SSSR count). The second-order valence-electron chi connectivity index (χ2n) is 8.52. The van der Waals surface area contributed by atoms with Gasteiger partial charge in [0.05, 0.1) is 15.6 Å². The Balaban J connectivity index is 1.45. The van der Waals surface area contributed by atoms with Crippen LogP contribution >= 0.6 is 11.3 Å². The molecule has 2 heterocycles. The zero-order valence-corrected chi connectivity index (χ0v) is 19.8. The monoisotopic (exact) mass is 445 g/mol. The van der Waals surface area contributed by atoms with E-state index in [2.05, 4.69) is 48.0 Å². The van der Waals surface area contributed by atoms with Crippen LogP contribution in [0.15, 0.2) is 61.2 Å². The van der Waals surface area contributed by atoms with Crippen LogP contribution < -0.4 is 5.32 Å². The normalized spacial score (nSPS) is 16.1. The Kier molecular flexibility index (Phi) is 7.05. The van der Waals surface area contributed by atoms with Crippen molar-refractivity contribution in [1.82, 2.24) is 9.88 Å². The maximum absolute atomic E-state index is 12.6. The van der Waals surface area contributed by atoms with Gasteiger partial charge in [-0.2, -0.15) is 0 Å². The highest BCUT2D eigenvalue weighted by Crippen LogP contribution is 2.37. The molecule has 0 radical (unpaired) electrons. The van der Waals surface area contributed by atoms with E-state index >= 15 is 0 Å². The lowest BCUT2D eigenvalue weighted by atomic mass is 9.96. The van der Waals surface area contributed by atoms with Crippen LogP contribution in [0.1, 0.15) is 48.4 Å². The number of thiazole rings is 1. The standard InChI is InChI=1S/C27H31N3OS/c1-19-12-14-23(15-13-19)29-25(31)17-16-24-11-7-8-18-30(24)20(2)26-27(32-21(3)28-26)22-9-5-4-6-10-22/h4-6,9-10,12-15,24H,2,7-8,11,16-18H2,1,3H3,(H,29,31). The van der Waals surface area contributed by atoms with Gasteiger partial charge in [-0.05, 0) is 57.2 Å². The zero-order chi connectivity index (χ0) is 22.5. The molecule has 1 amide bonds. The molecule has 1 atom stereocenters. The molecular formula is C27H31N3OS. The van der Waals surface area contributed by atoms with Crippen LogP contribution in [0.2, 0.25) is 0 Å². The quantitative estimate of drug-likeness (QED) is 0.442. The summed E-state index contributed by atoms with van der Waals surface area (Å²) in [6.07, 6.45) is 4.75. The maximum Gasteiger partial charge on any atom is 0.224 e. The topological polar surface area (TPSA) is 45.2 Å². The van der Waals surface area contributed by atoms with Crippen LogP contribution in [0.5, 0.6) is 0 Å². The van der Waals surface area contributed by atoms with E-state index in [4.69, 9.17) is 4.98 Å². The van der Waals surface area contributed by atoms with Gasteiger partial charge in [0.25, 0.3) is 0 Å². The van der Waals surface area contributed by atoms with Gasteiger partial charge in [-0.15, -0.1) is 11.3 Å². The summed E-state index contributed by atoms with van der Waals surface area (Å²) in [6, 6.07) is 18.7. The summed E-state index contributed by atoms with van der Waals surface area (Å²) in [5, 5.41) is 4.08. The van der Waals surface area contributed by atoms with Gasteiger partial charge in [0.1, 0.15) is 5.69 Å². The Labute approximate surface area is 195 Å².